The lowest BCUT2D eigenvalue weighted by Gasteiger charge is -2.07. The van der Waals surface area contributed by atoms with Crippen molar-refractivity contribution in [2.45, 2.75) is 25.7 Å². The first kappa shape index (κ1) is 11.5. The van der Waals surface area contributed by atoms with Gasteiger partial charge in [0.1, 0.15) is 5.02 Å². The van der Waals surface area contributed by atoms with Gasteiger partial charge in [-0.25, -0.2) is 4.68 Å². The average molecular weight is 242 g/mol. The van der Waals surface area contributed by atoms with Crippen LogP contribution in [-0.2, 0) is 7.05 Å². The summed E-state index contributed by atoms with van der Waals surface area (Å²) >= 11 is 5.92. The fraction of sp³-hybridized carbons (Fsp3) is 0.636. The van der Waals surface area contributed by atoms with Crippen LogP contribution in [0.2, 0.25) is 5.02 Å². The molecule has 1 aliphatic carbocycles. The lowest BCUT2D eigenvalue weighted by molar-refractivity contribution is 0.683. The molecule has 0 saturated heterocycles. The minimum absolute atomic E-state index is 0.226. The molecule has 0 bridgehead atoms. The van der Waals surface area contributed by atoms with E-state index in [1.165, 1.54) is 23.9 Å². The van der Waals surface area contributed by atoms with Gasteiger partial charge in [-0.15, -0.1) is 0 Å². The van der Waals surface area contributed by atoms with Gasteiger partial charge in [0.25, 0.3) is 5.56 Å². The first-order chi connectivity index (χ1) is 7.68. The highest BCUT2D eigenvalue weighted by molar-refractivity contribution is 6.32. The monoisotopic (exact) mass is 241 g/mol. The number of nitrogens with one attached hydrogen (secondary N) is 1. The van der Waals surface area contributed by atoms with Crippen molar-refractivity contribution < 1.29 is 0 Å². The number of nitrogens with zero attached hydrogens (tertiary/aromatic N) is 2. The second-order valence-electron chi connectivity index (χ2n) is 4.31. The molecule has 1 saturated carbocycles. The standard InChI is InChI=1S/C11H16ClN3O/c1-15-11(16)10(12)9(7-14-15)13-6-2-3-8-4-5-8/h7-8,13H,2-6H2,1H3. The van der Waals surface area contributed by atoms with E-state index in [4.69, 9.17) is 11.6 Å². The van der Waals surface area contributed by atoms with Crippen LogP contribution >= 0.6 is 11.6 Å². The molecule has 0 aromatic carbocycles. The van der Waals surface area contributed by atoms with Crippen LogP contribution in [0.1, 0.15) is 25.7 Å². The Morgan fingerprint density at radius 3 is 3.06 bits per heavy atom. The highest BCUT2D eigenvalue weighted by Gasteiger charge is 2.20. The molecule has 1 aliphatic rings. The van der Waals surface area contributed by atoms with Crippen molar-refractivity contribution in [1.29, 1.82) is 0 Å². The van der Waals surface area contributed by atoms with Crippen molar-refractivity contribution in [2.24, 2.45) is 13.0 Å². The molecule has 0 radical (unpaired) electrons. The van der Waals surface area contributed by atoms with E-state index in [9.17, 15) is 4.79 Å². The molecule has 0 amide bonds. The van der Waals surface area contributed by atoms with Crippen molar-refractivity contribution in [1.82, 2.24) is 9.78 Å². The van der Waals surface area contributed by atoms with Gasteiger partial charge in [0, 0.05) is 13.6 Å². The zero-order valence-corrected chi connectivity index (χ0v) is 10.1. The smallest absolute Gasteiger partial charge is 0.287 e. The fourth-order valence-electron chi connectivity index (χ4n) is 1.65. The van der Waals surface area contributed by atoms with Gasteiger partial charge in [-0.1, -0.05) is 24.4 Å². The molecule has 0 atom stereocenters. The van der Waals surface area contributed by atoms with Crippen LogP contribution in [0.5, 0.6) is 0 Å². The highest BCUT2D eigenvalue weighted by atomic mass is 35.5. The molecule has 5 heteroatoms. The SMILES string of the molecule is Cn1ncc(NCCCC2CC2)c(Cl)c1=O. The van der Waals surface area contributed by atoms with Crippen molar-refractivity contribution >= 4 is 17.3 Å². The Morgan fingerprint density at radius 1 is 1.62 bits per heavy atom. The predicted molar refractivity (Wildman–Crippen MR) is 64.9 cm³/mol. The minimum Gasteiger partial charge on any atom is -0.382 e. The number of aromatic nitrogens is 2. The topological polar surface area (TPSA) is 46.9 Å². The summed E-state index contributed by atoms with van der Waals surface area (Å²) in [5, 5.41) is 7.31. The quantitative estimate of drug-likeness (QED) is 0.803. The maximum absolute atomic E-state index is 11.5. The molecular weight excluding hydrogens is 226 g/mol. The van der Waals surface area contributed by atoms with Gasteiger partial charge >= 0.3 is 0 Å². The summed E-state index contributed by atoms with van der Waals surface area (Å²) in [6, 6.07) is 0. The summed E-state index contributed by atoms with van der Waals surface area (Å²) in [6.45, 7) is 0.852. The van der Waals surface area contributed by atoms with E-state index in [2.05, 4.69) is 10.4 Å². The van der Waals surface area contributed by atoms with E-state index in [1.54, 1.807) is 13.2 Å². The van der Waals surface area contributed by atoms with Gasteiger partial charge in [0.05, 0.1) is 11.9 Å². The van der Waals surface area contributed by atoms with Crippen molar-refractivity contribution in [3.8, 4) is 0 Å². The molecule has 2 rings (SSSR count). The van der Waals surface area contributed by atoms with E-state index >= 15 is 0 Å². The highest BCUT2D eigenvalue weighted by Crippen LogP contribution is 2.33. The molecule has 4 nitrogen and oxygen atoms in total. The molecule has 16 heavy (non-hydrogen) atoms. The van der Waals surface area contributed by atoms with Gasteiger partial charge < -0.3 is 5.32 Å². The minimum atomic E-state index is -0.256. The molecule has 88 valence electrons. The summed E-state index contributed by atoms with van der Waals surface area (Å²) in [5.41, 5.74) is 0.384. The Morgan fingerprint density at radius 2 is 2.38 bits per heavy atom. The van der Waals surface area contributed by atoms with Crippen LogP contribution in [0.3, 0.4) is 0 Å². The summed E-state index contributed by atoms with van der Waals surface area (Å²) < 4.78 is 1.23. The third-order valence-electron chi connectivity index (χ3n) is 2.88. The molecular formula is C11H16ClN3O. The molecule has 0 aliphatic heterocycles. The largest absolute Gasteiger partial charge is 0.382 e. The normalized spacial score (nSPS) is 15.1. The maximum atomic E-state index is 11.5. The first-order valence-corrected chi connectivity index (χ1v) is 6.02. The number of hydrogen-bond donors (Lipinski definition) is 1. The number of halogens is 1. The van der Waals surface area contributed by atoms with Crippen LogP contribution in [0.15, 0.2) is 11.0 Å². The number of aryl methyl sites for hydroxylation is 1. The lowest BCUT2D eigenvalue weighted by Crippen LogP contribution is -2.21. The summed E-state index contributed by atoms with van der Waals surface area (Å²) in [7, 11) is 1.59. The number of anilines is 1. The van der Waals surface area contributed by atoms with Gasteiger partial charge in [-0.2, -0.15) is 5.10 Å². The Balaban J connectivity index is 1.88. The molecule has 0 unspecified atom stereocenters. The number of rotatable bonds is 5. The van der Waals surface area contributed by atoms with Crippen LogP contribution in [0.4, 0.5) is 5.69 Å². The van der Waals surface area contributed by atoms with Gasteiger partial charge in [-0.3, -0.25) is 4.79 Å². The second-order valence-corrected chi connectivity index (χ2v) is 4.69. The van der Waals surface area contributed by atoms with E-state index in [-0.39, 0.29) is 10.6 Å². The number of hydrogen-bond acceptors (Lipinski definition) is 3. The van der Waals surface area contributed by atoms with Gasteiger partial charge in [-0.05, 0) is 18.8 Å². The Labute approximate surface area is 99.6 Å². The van der Waals surface area contributed by atoms with E-state index in [0.717, 1.165) is 18.9 Å². The summed E-state index contributed by atoms with van der Waals surface area (Å²) in [4.78, 5) is 11.5. The fourth-order valence-corrected chi connectivity index (χ4v) is 1.89. The molecule has 1 fully saturated rings. The van der Waals surface area contributed by atoms with Crippen LogP contribution in [0.25, 0.3) is 0 Å². The van der Waals surface area contributed by atoms with Crippen molar-refractivity contribution in [3.63, 3.8) is 0 Å². The van der Waals surface area contributed by atoms with E-state index in [0.29, 0.717) is 5.69 Å². The van der Waals surface area contributed by atoms with Gasteiger partial charge in [0.15, 0.2) is 0 Å². The molecule has 1 heterocycles. The van der Waals surface area contributed by atoms with Crippen LogP contribution in [0, 0.1) is 5.92 Å². The third kappa shape index (κ3) is 2.76. The van der Waals surface area contributed by atoms with Crippen molar-refractivity contribution in [2.75, 3.05) is 11.9 Å². The van der Waals surface area contributed by atoms with Crippen LogP contribution in [-0.4, -0.2) is 16.3 Å². The van der Waals surface area contributed by atoms with Crippen molar-refractivity contribution in [3.05, 3.63) is 21.6 Å². The average Bonchev–Trinajstić information content (AvgIpc) is 3.08. The Bertz CT molecular complexity index is 426. The molecule has 1 aromatic heterocycles. The van der Waals surface area contributed by atoms with Gasteiger partial charge in [0.2, 0.25) is 0 Å². The van der Waals surface area contributed by atoms with Crippen LogP contribution < -0.4 is 10.9 Å². The first-order valence-electron chi connectivity index (χ1n) is 5.64. The Kier molecular flexibility index (Phi) is 3.49. The molecule has 0 spiro atoms. The summed E-state index contributed by atoms with van der Waals surface area (Å²) in [6.07, 6.45) is 6.75. The molecule has 1 aromatic rings. The predicted octanol–water partition coefficient (Wildman–Crippen LogP) is 2.04. The molecule has 1 N–H and O–H groups in total. The Hall–Kier alpha value is -1.03. The zero-order chi connectivity index (χ0) is 11.5. The third-order valence-corrected chi connectivity index (χ3v) is 3.24. The van der Waals surface area contributed by atoms with E-state index < -0.39 is 0 Å². The summed E-state index contributed by atoms with van der Waals surface area (Å²) in [5.74, 6) is 0.944. The zero-order valence-electron chi connectivity index (χ0n) is 9.37. The lowest BCUT2D eigenvalue weighted by atomic mass is 10.2. The van der Waals surface area contributed by atoms with E-state index in [1.807, 2.05) is 0 Å². The second kappa shape index (κ2) is 4.87. The maximum Gasteiger partial charge on any atom is 0.287 e.